The Hall–Kier alpha value is -2.26. The van der Waals surface area contributed by atoms with Crippen LogP contribution in [0.25, 0.3) is 0 Å². The summed E-state index contributed by atoms with van der Waals surface area (Å²) >= 11 is 1.21. The van der Waals surface area contributed by atoms with Gasteiger partial charge in [0, 0.05) is 0 Å². The second-order valence-corrected chi connectivity index (χ2v) is 4.68. The standard InChI is InChI=1S/C13H11N3O2S/c1-9-7-18-13(15-9)19-8-12(17)16-11-5-3-2-4-10(11)6-14/h2-5,7H,8H2,1H3,(H,16,17). The van der Waals surface area contributed by atoms with Gasteiger partial charge in [-0.2, -0.15) is 5.26 Å². The van der Waals surface area contributed by atoms with E-state index in [0.29, 0.717) is 16.5 Å². The fraction of sp³-hybridized carbons (Fsp3) is 0.154. The van der Waals surface area contributed by atoms with E-state index in [-0.39, 0.29) is 11.7 Å². The van der Waals surface area contributed by atoms with Crippen LogP contribution in [0.2, 0.25) is 0 Å². The lowest BCUT2D eigenvalue weighted by Gasteiger charge is -2.05. The zero-order chi connectivity index (χ0) is 13.7. The monoisotopic (exact) mass is 273 g/mol. The number of hydrogen-bond donors (Lipinski definition) is 1. The number of amides is 1. The Bertz CT molecular complexity index is 631. The van der Waals surface area contributed by atoms with Gasteiger partial charge in [0.25, 0.3) is 5.22 Å². The molecule has 0 aliphatic heterocycles. The number of carbonyl (C=O) groups is 1. The molecular formula is C13H11N3O2S. The molecule has 96 valence electrons. The van der Waals surface area contributed by atoms with Gasteiger partial charge >= 0.3 is 0 Å². The van der Waals surface area contributed by atoms with Gasteiger partial charge in [-0.3, -0.25) is 4.79 Å². The summed E-state index contributed by atoms with van der Waals surface area (Å²) in [5.74, 6) is -0.0248. The number of para-hydroxylation sites is 1. The normalized spacial score (nSPS) is 9.89. The average Bonchev–Trinajstić information content (AvgIpc) is 2.83. The van der Waals surface area contributed by atoms with Crippen LogP contribution in [-0.4, -0.2) is 16.6 Å². The number of anilines is 1. The van der Waals surface area contributed by atoms with Crippen LogP contribution in [0.3, 0.4) is 0 Å². The Kier molecular flexibility index (Phi) is 4.21. The van der Waals surface area contributed by atoms with Crippen LogP contribution in [0.1, 0.15) is 11.3 Å². The van der Waals surface area contributed by atoms with Gasteiger partial charge in [0.2, 0.25) is 5.91 Å². The molecule has 1 aromatic carbocycles. The molecule has 0 atom stereocenters. The van der Waals surface area contributed by atoms with E-state index in [1.807, 2.05) is 13.0 Å². The van der Waals surface area contributed by atoms with E-state index in [0.717, 1.165) is 5.69 Å². The molecule has 2 aromatic rings. The van der Waals surface area contributed by atoms with Crippen LogP contribution in [0.5, 0.6) is 0 Å². The maximum Gasteiger partial charge on any atom is 0.256 e. The number of carbonyl (C=O) groups excluding carboxylic acids is 1. The van der Waals surface area contributed by atoms with Crippen LogP contribution in [0.15, 0.2) is 40.2 Å². The van der Waals surface area contributed by atoms with E-state index in [9.17, 15) is 4.79 Å². The van der Waals surface area contributed by atoms with Gasteiger partial charge in [-0.1, -0.05) is 23.9 Å². The Morgan fingerprint density at radius 2 is 2.32 bits per heavy atom. The largest absolute Gasteiger partial charge is 0.440 e. The third kappa shape index (κ3) is 3.60. The van der Waals surface area contributed by atoms with Crippen molar-refractivity contribution in [2.24, 2.45) is 0 Å². The van der Waals surface area contributed by atoms with Crippen LogP contribution in [0, 0.1) is 18.3 Å². The molecule has 0 unspecified atom stereocenters. The van der Waals surface area contributed by atoms with Gasteiger partial charge in [0.15, 0.2) is 0 Å². The molecule has 0 aliphatic carbocycles. The molecule has 0 radical (unpaired) electrons. The van der Waals surface area contributed by atoms with Crippen LogP contribution in [-0.2, 0) is 4.79 Å². The summed E-state index contributed by atoms with van der Waals surface area (Å²) in [6.45, 7) is 1.82. The number of rotatable bonds is 4. The highest BCUT2D eigenvalue weighted by Crippen LogP contribution is 2.18. The second-order valence-electron chi connectivity index (χ2n) is 3.75. The van der Waals surface area contributed by atoms with E-state index in [4.69, 9.17) is 9.68 Å². The molecule has 0 saturated heterocycles. The number of hydrogen-bond acceptors (Lipinski definition) is 5. The molecule has 1 heterocycles. The summed E-state index contributed by atoms with van der Waals surface area (Å²) in [6, 6.07) is 8.88. The van der Waals surface area contributed by atoms with Gasteiger partial charge in [-0.25, -0.2) is 4.98 Å². The minimum absolute atomic E-state index is 0.180. The van der Waals surface area contributed by atoms with Crippen LogP contribution < -0.4 is 5.32 Å². The van der Waals surface area contributed by atoms with Crippen molar-refractivity contribution in [2.45, 2.75) is 12.1 Å². The number of nitriles is 1. The van der Waals surface area contributed by atoms with Gasteiger partial charge in [-0.05, 0) is 19.1 Å². The number of nitrogens with one attached hydrogen (secondary N) is 1. The van der Waals surface area contributed by atoms with Gasteiger partial charge in [0.1, 0.15) is 12.3 Å². The molecule has 2 rings (SSSR count). The first kappa shape index (κ1) is 13.2. The highest BCUT2D eigenvalue weighted by Gasteiger charge is 2.09. The highest BCUT2D eigenvalue weighted by molar-refractivity contribution is 7.99. The molecule has 5 nitrogen and oxygen atoms in total. The van der Waals surface area contributed by atoms with E-state index in [1.54, 1.807) is 24.3 Å². The summed E-state index contributed by atoms with van der Waals surface area (Å²) < 4.78 is 5.13. The summed E-state index contributed by atoms with van der Waals surface area (Å²) in [5, 5.41) is 12.1. The SMILES string of the molecule is Cc1coc(SCC(=O)Nc2ccccc2C#N)n1. The minimum Gasteiger partial charge on any atom is -0.440 e. The van der Waals surface area contributed by atoms with Crippen molar-refractivity contribution in [2.75, 3.05) is 11.1 Å². The van der Waals surface area contributed by atoms with Gasteiger partial charge in [-0.15, -0.1) is 0 Å². The quantitative estimate of drug-likeness (QED) is 0.866. The summed E-state index contributed by atoms with van der Waals surface area (Å²) in [6.07, 6.45) is 1.53. The molecule has 0 fully saturated rings. The maximum atomic E-state index is 11.7. The number of thioether (sulfide) groups is 1. The summed E-state index contributed by atoms with van der Waals surface area (Å²) in [7, 11) is 0. The van der Waals surface area contributed by atoms with Crippen molar-refractivity contribution >= 4 is 23.4 Å². The number of aromatic nitrogens is 1. The number of aryl methyl sites for hydroxylation is 1. The Morgan fingerprint density at radius 3 is 3.00 bits per heavy atom. The highest BCUT2D eigenvalue weighted by atomic mass is 32.2. The van der Waals surface area contributed by atoms with Crippen molar-refractivity contribution in [1.82, 2.24) is 4.98 Å². The smallest absolute Gasteiger partial charge is 0.256 e. The third-order valence-electron chi connectivity index (χ3n) is 2.25. The first-order chi connectivity index (χ1) is 9.19. The first-order valence-electron chi connectivity index (χ1n) is 5.53. The fourth-order valence-corrected chi connectivity index (χ4v) is 2.05. The zero-order valence-corrected chi connectivity index (χ0v) is 11.0. The molecule has 1 N–H and O–H groups in total. The van der Waals surface area contributed by atoms with Crippen LogP contribution in [0.4, 0.5) is 5.69 Å². The molecule has 0 spiro atoms. The molecule has 6 heteroatoms. The molecule has 0 aliphatic rings. The number of nitrogens with zero attached hydrogens (tertiary/aromatic N) is 2. The lowest BCUT2D eigenvalue weighted by molar-refractivity contribution is -0.113. The van der Waals surface area contributed by atoms with Gasteiger partial charge in [0.05, 0.1) is 22.7 Å². The summed E-state index contributed by atoms with van der Waals surface area (Å²) in [4.78, 5) is 15.8. The number of oxazole rings is 1. The van der Waals surface area contributed by atoms with Crippen molar-refractivity contribution in [3.8, 4) is 6.07 Å². The topological polar surface area (TPSA) is 78.9 Å². The van der Waals surface area contributed by atoms with E-state index >= 15 is 0 Å². The third-order valence-corrected chi connectivity index (χ3v) is 3.09. The van der Waals surface area contributed by atoms with Crippen molar-refractivity contribution < 1.29 is 9.21 Å². The molecule has 1 amide bonds. The summed E-state index contributed by atoms with van der Waals surface area (Å²) in [5.41, 5.74) is 1.73. The molecule has 1 aromatic heterocycles. The average molecular weight is 273 g/mol. The maximum absolute atomic E-state index is 11.7. The fourth-order valence-electron chi connectivity index (χ4n) is 1.40. The predicted octanol–water partition coefficient (Wildman–Crippen LogP) is 2.59. The van der Waals surface area contributed by atoms with E-state index < -0.39 is 0 Å². The van der Waals surface area contributed by atoms with Crippen molar-refractivity contribution in [3.05, 3.63) is 41.8 Å². The molecule has 0 saturated carbocycles. The molecular weight excluding hydrogens is 262 g/mol. The van der Waals surface area contributed by atoms with E-state index in [1.165, 1.54) is 18.0 Å². The molecule has 0 bridgehead atoms. The lowest BCUT2D eigenvalue weighted by atomic mass is 10.2. The van der Waals surface area contributed by atoms with Crippen molar-refractivity contribution in [3.63, 3.8) is 0 Å². The Morgan fingerprint density at radius 1 is 1.53 bits per heavy atom. The first-order valence-corrected chi connectivity index (χ1v) is 6.51. The Labute approximate surface area is 114 Å². The molecule has 19 heavy (non-hydrogen) atoms. The lowest BCUT2D eigenvalue weighted by Crippen LogP contribution is -2.14. The number of benzene rings is 1. The van der Waals surface area contributed by atoms with Crippen molar-refractivity contribution in [1.29, 1.82) is 5.26 Å². The zero-order valence-electron chi connectivity index (χ0n) is 10.2. The van der Waals surface area contributed by atoms with Crippen LogP contribution >= 0.6 is 11.8 Å². The second kappa shape index (κ2) is 6.07. The van der Waals surface area contributed by atoms with E-state index in [2.05, 4.69) is 10.3 Å². The minimum atomic E-state index is -0.205. The van der Waals surface area contributed by atoms with Gasteiger partial charge < -0.3 is 9.73 Å². The predicted molar refractivity (Wildman–Crippen MR) is 71.8 cm³/mol. The Balaban J connectivity index is 1.93.